The zero-order chi connectivity index (χ0) is 35.6. The third-order valence-corrected chi connectivity index (χ3v) is 10.7. The molecule has 8 aromatic carbocycles. The van der Waals surface area contributed by atoms with Gasteiger partial charge in [0.1, 0.15) is 5.82 Å². The Bertz CT molecular complexity index is 3190. The highest BCUT2D eigenvalue weighted by atomic mass is 15.1. The summed E-state index contributed by atoms with van der Waals surface area (Å²) in [7, 11) is 0. The van der Waals surface area contributed by atoms with Crippen LogP contribution >= 0.6 is 0 Å². The van der Waals surface area contributed by atoms with E-state index in [1.807, 2.05) is 12.1 Å². The van der Waals surface area contributed by atoms with Crippen LogP contribution in [0.2, 0.25) is 0 Å². The Hall–Kier alpha value is -7.30. The van der Waals surface area contributed by atoms with Crippen molar-refractivity contribution < 1.29 is 0 Å². The number of rotatable bonds is 5. The van der Waals surface area contributed by atoms with Gasteiger partial charge in [0.15, 0.2) is 0 Å². The molecule has 252 valence electrons. The second-order valence-corrected chi connectivity index (χ2v) is 13.8. The van der Waals surface area contributed by atoms with Gasteiger partial charge in [-0.15, -0.1) is 0 Å². The van der Waals surface area contributed by atoms with Crippen molar-refractivity contribution in [3.8, 4) is 45.1 Å². The van der Waals surface area contributed by atoms with E-state index in [1.165, 1.54) is 27.2 Å². The van der Waals surface area contributed by atoms with Gasteiger partial charge in [-0.25, -0.2) is 9.97 Å². The summed E-state index contributed by atoms with van der Waals surface area (Å²) in [5.74, 6) is 0.925. The van der Waals surface area contributed by atoms with Gasteiger partial charge in [-0.05, 0) is 83.2 Å². The Morgan fingerprint density at radius 2 is 0.907 bits per heavy atom. The smallest absolute Gasteiger partial charge is 0.145 e. The van der Waals surface area contributed by atoms with Crippen LogP contribution in [0.4, 0.5) is 0 Å². The predicted molar refractivity (Wildman–Crippen MR) is 225 cm³/mol. The van der Waals surface area contributed by atoms with Crippen LogP contribution in [0, 0.1) is 0 Å². The molecule has 0 aliphatic rings. The van der Waals surface area contributed by atoms with Crippen molar-refractivity contribution in [2.45, 2.75) is 0 Å². The molecule has 0 fully saturated rings. The molecular formula is C50H32N4. The first kappa shape index (κ1) is 30.3. The van der Waals surface area contributed by atoms with Crippen LogP contribution in [-0.2, 0) is 0 Å². The Labute approximate surface area is 311 Å². The average Bonchev–Trinajstić information content (AvgIpc) is 3.79. The van der Waals surface area contributed by atoms with Crippen LogP contribution in [0.25, 0.3) is 99.7 Å². The van der Waals surface area contributed by atoms with Crippen LogP contribution < -0.4 is 0 Å². The molecule has 11 aromatic rings. The Kier molecular flexibility index (Phi) is 6.82. The summed E-state index contributed by atoms with van der Waals surface area (Å²) in [4.78, 5) is 10.4. The van der Waals surface area contributed by atoms with Crippen molar-refractivity contribution in [3.63, 3.8) is 0 Å². The molecular weight excluding hydrogens is 657 g/mol. The lowest BCUT2D eigenvalue weighted by Gasteiger charge is -2.13. The molecule has 54 heavy (non-hydrogen) atoms. The molecule has 4 heteroatoms. The molecule has 0 unspecified atom stereocenters. The van der Waals surface area contributed by atoms with E-state index in [4.69, 9.17) is 9.97 Å². The summed E-state index contributed by atoms with van der Waals surface area (Å²) in [6.45, 7) is 0. The molecule has 0 saturated carbocycles. The predicted octanol–water partition coefficient (Wildman–Crippen LogP) is 12.8. The van der Waals surface area contributed by atoms with Crippen LogP contribution in [-0.4, -0.2) is 19.1 Å². The molecule has 0 bridgehead atoms. The standard InChI is InChI=1S/C50H32N4/c1-3-16-37(17-4-1)53-46-24-11-8-21-40(46)42-31-43-41(32-48(42)53)39-20-7-9-22-44(39)51-49(43)36-15-13-14-35(30-36)33-26-28-34(29-27-33)50-52-45-23-10-12-25-47(45)54(50)38-18-5-2-6-19-38/h1-32H. The summed E-state index contributed by atoms with van der Waals surface area (Å²) < 4.78 is 4.63. The highest BCUT2D eigenvalue weighted by Crippen LogP contribution is 2.40. The minimum atomic E-state index is 0.925. The molecule has 0 spiro atoms. The van der Waals surface area contributed by atoms with Crippen LogP contribution in [0.1, 0.15) is 0 Å². The van der Waals surface area contributed by atoms with Crippen LogP contribution in [0.3, 0.4) is 0 Å². The van der Waals surface area contributed by atoms with Gasteiger partial charge in [0.25, 0.3) is 0 Å². The lowest BCUT2D eigenvalue weighted by Crippen LogP contribution is -1.97. The van der Waals surface area contributed by atoms with E-state index in [9.17, 15) is 0 Å². The zero-order valence-electron chi connectivity index (χ0n) is 29.3. The summed E-state index contributed by atoms with van der Waals surface area (Å²) >= 11 is 0. The maximum Gasteiger partial charge on any atom is 0.145 e. The molecule has 3 aromatic heterocycles. The Morgan fingerprint density at radius 1 is 0.296 bits per heavy atom. The first-order valence-corrected chi connectivity index (χ1v) is 18.3. The maximum atomic E-state index is 5.36. The molecule has 3 heterocycles. The summed E-state index contributed by atoms with van der Waals surface area (Å²) in [5, 5.41) is 5.93. The molecule has 0 atom stereocenters. The van der Waals surface area contributed by atoms with Crippen LogP contribution in [0.15, 0.2) is 194 Å². The number of hydrogen-bond donors (Lipinski definition) is 0. The molecule has 0 aliphatic heterocycles. The lowest BCUT2D eigenvalue weighted by molar-refractivity contribution is 1.10. The maximum absolute atomic E-state index is 5.36. The first-order chi connectivity index (χ1) is 26.8. The molecule has 4 nitrogen and oxygen atoms in total. The van der Waals surface area contributed by atoms with Crippen molar-refractivity contribution in [3.05, 3.63) is 194 Å². The van der Waals surface area contributed by atoms with Gasteiger partial charge in [-0.2, -0.15) is 0 Å². The van der Waals surface area contributed by atoms with Gasteiger partial charge in [0, 0.05) is 44.0 Å². The molecule has 11 rings (SSSR count). The summed E-state index contributed by atoms with van der Waals surface area (Å²) in [6.07, 6.45) is 0. The molecule has 0 aliphatic carbocycles. The van der Waals surface area contributed by atoms with E-state index in [0.717, 1.165) is 72.5 Å². The van der Waals surface area contributed by atoms with Gasteiger partial charge in [0.2, 0.25) is 0 Å². The molecule has 0 N–H and O–H groups in total. The van der Waals surface area contributed by atoms with Crippen LogP contribution in [0.5, 0.6) is 0 Å². The fraction of sp³-hybridized carbons (Fsp3) is 0. The van der Waals surface area contributed by atoms with E-state index >= 15 is 0 Å². The largest absolute Gasteiger partial charge is 0.309 e. The quantitative estimate of drug-likeness (QED) is 0.169. The number of aromatic nitrogens is 4. The van der Waals surface area contributed by atoms with Crippen molar-refractivity contribution in [1.82, 2.24) is 19.1 Å². The summed E-state index contributed by atoms with van der Waals surface area (Å²) in [5.41, 5.74) is 13.1. The molecule has 0 saturated heterocycles. The number of hydrogen-bond acceptors (Lipinski definition) is 2. The monoisotopic (exact) mass is 688 g/mol. The first-order valence-electron chi connectivity index (χ1n) is 18.3. The Balaban J connectivity index is 1.06. The van der Waals surface area contributed by atoms with Gasteiger partial charge >= 0.3 is 0 Å². The van der Waals surface area contributed by atoms with Gasteiger partial charge in [-0.1, -0.05) is 127 Å². The van der Waals surface area contributed by atoms with Crippen molar-refractivity contribution in [2.24, 2.45) is 0 Å². The van der Waals surface area contributed by atoms with E-state index in [1.54, 1.807) is 0 Å². The minimum Gasteiger partial charge on any atom is -0.309 e. The third kappa shape index (κ3) is 4.78. The van der Waals surface area contributed by atoms with Crippen molar-refractivity contribution in [2.75, 3.05) is 0 Å². The average molecular weight is 689 g/mol. The number of nitrogens with zero attached hydrogens (tertiary/aromatic N) is 4. The number of benzene rings is 8. The number of pyridine rings is 1. The normalized spacial score (nSPS) is 11.7. The molecule has 0 radical (unpaired) electrons. The van der Waals surface area contributed by atoms with E-state index < -0.39 is 0 Å². The molecule has 0 amide bonds. The fourth-order valence-corrected chi connectivity index (χ4v) is 8.20. The van der Waals surface area contributed by atoms with E-state index in [2.05, 4.69) is 191 Å². The summed E-state index contributed by atoms with van der Waals surface area (Å²) in [6, 6.07) is 69.0. The zero-order valence-corrected chi connectivity index (χ0v) is 29.3. The van der Waals surface area contributed by atoms with Gasteiger partial charge < -0.3 is 4.57 Å². The minimum absolute atomic E-state index is 0.925. The third-order valence-electron chi connectivity index (χ3n) is 10.7. The second-order valence-electron chi connectivity index (χ2n) is 13.8. The Morgan fingerprint density at radius 3 is 1.69 bits per heavy atom. The number of fused-ring (bicyclic) bond motifs is 7. The van der Waals surface area contributed by atoms with E-state index in [-0.39, 0.29) is 0 Å². The van der Waals surface area contributed by atoms with Gasteiger partial charge in [0.05, 0.1) is 33.3 Å². The number of para-hydroxylation sites is 6. The highest BCUT2D eigenvalue weighted by molar-refractivity contribution is 6.20. The van der Waals surface area contributed by atoms with Crippen molar-refractivity contribution >= 4 is 54.5 Å². The fourth-order valence-electron chi connectivity index (χ4n) is 8.20. The topological polar surface area (TPSA) is 35.6 Å². The van der Waals surface area contributed by atoms with Gasteiger partial charge in [-0.3, -0.25) is 4.57 Å². The van der Waals surface area contributed by atoms with Crippen molar-refractivity contribution in [1.29, 1.82) is 0 Å². The highest BCUT2D eigenvalue weighted by Gasteiger charge is 2.18. The van der Waals surface area contributed by atoms with E-state index in [0.29, 0.717) is 0 Å². The second kappa shape index (κ2) is 12.1. The number of imidazole rings is 1. The SMILES string of the molecule is c1ccc(-n2c(-c3ccc(-c4cccc(-c5nc6ccccc6c6cc7c(cc56)c5ccccc5n7-c5ccccc5)c4)cc3)nc3ccccc32)cc1. The lowest BCUT2D eigenvalue weighted by atomic mass is 9.95.